The topological polar surface area (TPSA) is 97.0 Å². The molecule has 11 heteroatoms. The van der Waals surface area contributed by atoms with Crippen LogP contribution in [0.1, 0.15) is 34.4 Å². The smallest absolute Gasteiger partial charge is 0.250 e. The van der Waals surface area contributed by atoms with Crippen molar-refractivity contribution in [1.82, 2.24) is 25.8 Å². The molecule has 3 aliphatic heterocycles. The molecular weight excluding hydrogens is 680 g/mol. The largest absolute Gasteiger partial charge is 0.343 e. The lowest BCUT2D eigenvalue weighted by atomic mass is 9.85. The van der Waals surface area contributed by atoms with Crippen LogP contribution in [0, 0.1) is 0 Å². The van der Waals surface area contributed by atoms with Gasteiger partial charge in [0.05, 0.1) is 12.7 Å². The number of benzene rings is 3. The normalized spacial score (nSPS) is 18.9. The Balaban J connectivity index is 1.03. The van der Waals surface area contributed by atoms with Crippen molar-refractivity contribution < 1.29 is 14.4 Å². The highest BCUT2D eigenvalue weighted by molar-refractivity contribution is 7.09. The zero-order chi connectivity index (χ0) is 35.2. The van der Waals surface area contributed by atoms with E-state index < -0.39 is 17.6 Å². The van der Waals surface area contributed by atoms with Crippen molar-refractivity contribution >= 4 is 46.3 Å². The maximum atomic E-state index is 14.3. The SMILES string of the molecule is O=C(NC(Cc1ccc(Cl)cc1)C(=O)N1CCC2(CC1)C(=O)N(CCNCCc1cccs1)CN2c1ccccc1)C1Cc2ccccc2CN1. The van der Waals surface area contributed by atoms with Crippen molar-refractivity contribution in [2.75, 3.05) is 44.3 Å². The molecule has 9 nitrogen and oxygen atoms in total. The Kier molecular flexibility index (Phi) is 11.0. The summed E-state index contributed by atoms with van der Waals surface area (Å²) in [6.45, 7) is 4.15. The van der Waals surface area contributed by atoms with Crippen molar-refractivity contribution in [1.29, 1.82) is 0 Å². The molecule has 0 radical (unpaired) electrons. The first kappa shape index (κ1) is 35.2. The zero-order valence-electron chi connectivity index (χ0n) is 28.7. The summed E-state index contributed by atoms with van der Waals surface area (Å²) in [5, 5.41) is 12.7. The van der Waals surface area contributed by atoms with Gasteiger partial charge in [-0.2, -0.15) is 0 Å². The predicted octanol–water partition coefficient (Wildman–Crippen LogP) is 4.64. The molecule has 2 atom stereocenters. The van der Waals surface area contributed by atoms with Gasteiger partial charge in [-0.1, -0.05) is 72.3 Å². The number of hydrogen-bond acceptors (Lipinski definition) is 7. The van der Waals surface area contributed by atoms with E-state index in [9.17, 15) is 14.4 Å². The monoisotopic (exact) mass is 724 g/mol. The Hall–Kier alpha value is -4.22. The van der Waals surface area contributed by atoms with Gasteiger partial charge < -0.3 is 30.7 Å². The fourth-order valence-corrected chi connectivity index (χ4v) is 8.50. The average molecular weight is 725 g/mol. The molecule has 2 saturated heterocycles. The maximum Gasteiger partial charge on any atom is 0.250 e. The van der Waals surface area contributed by atoms with Crippen LogP contribution in [0.25, 0.3) is 0 Å². The Bertz CT molecular complexity index is 1800. The molecule has 3 aliphatic rings. The number of hydrogen-bond donors (Lipinski definition) is 3. The summed E-state index contributed by atoms with van der Waals surface area (Å²) >= 11 is 7.93. The number of amides is 3. The molecular formula is C40H45ClN6O3S. The summed E-state index contributed by atoms with van der Waals surface area (Å²) < 4.78 is 0. The average Bonchev–Trinajstić information content (AvgIpc) is 3.78. The highest BCUT2D eigenvalue weighted by Gasteiger charge is 2.54. The van der Waals surface area contributed by atoms with E-state index in [1.54, 1.807) is 23.5 Å². The van der Waals surface area contributed by atoms with Crippen LogP contribution in [0.4, 0.5) is 5.69 Å². The van der Waals surface area contributed by atoms with Gasteiger partial charge in [0.25, 0.3) is 0 Å². The van der Waals surface area contributed by atoms with Crippen LogP contribution >= 0.6 is 22.9 Å². The van der Waals surface area contributed by atoms with Crippen LogP contribution in [0.15, 0.2) is 96.4 Å². The maximum absolute atomic E-state index is 14.3. The van der Waals surface area contributed by atoms with Crippen LogP contribution < -0.4 is 20.9 Å². The van der Waals surface area contributed by atoms with Gasteiger partial charge in [0.2, 0.25) is 17.7 Å². The van der Waals surface area contributed by atoms with Crippen molar-refractivity contribution in [2.45, 2.75) is 56.3 Å². The molecule has 3 aromatic carbocycles. The first-order valence-electron chi connectivity index (χ1n) is 17.9. The summed E-state index contributed by atoms with van der Waals surface area (Å²) in [5.74, 6) is -0.202. The fourth-order valence-electron chi connectivity index (χ4n) is 7.66. The number of rotatable bonds is 12. The number of fused-ring (bicyclic) bond motifs is 1. The molecule has 4 aromatic rings. The summed E-state index contributed by atoms with van der Waals surface area (Å²) in [5.41, 5.74) is 3.52. The number of halogens is 1. The molecule has 7 rings (SSSR count). The van der Waals surface area contributed by atoms with Gasteiger partial charge in [-0.25, -0.2) is 0 Å². The van der Waals surface area contributed by atoms with Gasteiger partial charge in [0, 0.05) is 61.3 Å². The van der Waals surface area contributed by atoms with Crippen molar-refractivity contribution in [3.05, 3.63) is 123 Å². The summed E-state index contributed by atoms with van der Waals surface area (Å²) in [4.78, 5) is 49.7. The number of thiophene rings is 1. The number of nitrogens with one attached hydrogen (secondary N) is 3. The van der Waals surface area contributed by atoms with Crippen molar-refractivity contribution in [2.24, 2.45) is 0 Å². The third-order valence-corrected chi connectivity index (χ3v) is 11.7. The second-order valence-electron chi connectivity index (χ2n) is 13.7. The van der Waals surface area contributed by atoms with Crippen LogP contribution in [0.3, 0.4) is 0 Å². The lowest BCUT2D eigenvalue weighted by Gasteiger charge is -2.44. The third kappa shape index (κ3) is 7.99. The molecule has 266 valence electrons. The number of para-hydroxylation sites is 1. The summed E-state index contributed by atoms with van der Waals surface area (Å²) in [6, 6.07) is 28.7. The lowest BCUT2D eigenvalue weighted by Crippen LogP contribution is -2.60. The second kappa shape index (κ2) is 16.0. The first-order chi connectivity index (χ1) is 24.9. The van der Waals surface area contributed by atoms with E-state index in [-0.39, 0.29) is 17.7 Å². The van der Waals surface area contributed by atoms with Crippen molar-refractivity contribution in [3.8, 4) is 0 Å². The second-order valence-corrected chi connectivity index (χ2v) is 15.2. The van der Waals surface area contributed by atoms with Crippen LogP contribution in [-0.2, 0) is 40.2 Å². The standard InChI is InChI=1S/C40H45ClN6O3S/c41-32-14-12-29(13-15-32)25-36(44-37(48)35-26-30-7-4-5-8-31(30)27-43-35)38(49)45-21-17-40(18-22-45)39(50)46(28-47(40)33-9-2-1-3-10-33)23-20-42-19-16-34-11-6-24-51-34/h1-15,24,35-36,42-43H,16-23,25-28H2,(H,44,48). The Morgan fingerprint density at radius 2 is 1.67 bits per heavy atom. The van der Waals surface area contributed by atoms with E-state index in [1.165, 1.54) is 10.4 Å². The third-order valence-electron chi connectivity index (χ3n) is 10.5. The lowest BCUT2D eigenvalue weighted by molar-refractivity contribution is -0.141. The summed E-state index contributed by atoms with van der Waals surface area (Å²) in [7, 11) is 0. The molecule has 0 saturated carbocycles. The Labute approximate surface area is 309 Å². The van der Waals surface area contributed by atoms with Gasteiger partial charge in [-0.05, 0) is 78.1 Å². The zero-order valence-corrected chi connectivity index (χ0v) is 30.3. The number of piperidine rings is 1. The number of likely N-dealkylation sites (tertiary alicyclic amines) is 1. The van der Waals surface area contributed by atoms with Gasteiger partial charge in [0.1, 0.15) is 11.6 Å². The van der Waals surface area contributed by atoms with Gasteiger partial charge in [-0.3, -0.25) is 14.4 Å². The van der Waals surface area contributed by atoms with E-state index in [0.29, 0.717) is 70.1 Å². The molecule has 3 amide bonds. The van der Waals surface area contributed by atoms with Gasteiger partial charge in [0.15, 0.2) is 0 Å². The van der Waals surface area contributed by atoms with E-state index in [1.807, 2.05) is 52.3 Å². The first-order valence-corrected chi connectivity index (χ1v) is 19.1. The Morgan fingerprint density at radius 1 is 0.922 bits per heavy atom. The molecule has 0 bridgehead atoms. The van der Waals surface area contributed by atoms with Gasteiger partial charge in [-0.15, -0.1) is 11.3 Å². The molecule has 3 N–H and O–H groups in total. The van der Waals surface area contributed by atoms with E-state index >= 15 is 0 Å². The molecule has 1 aromatic heterocycles. The van der Waals surface area contributed by atoms with E-state index in [2.05, 4.69) is 62.6 Å². The molecule has 51 heavy (non-hydrogen) atoms. The molecule has 0 aliphatic carbocycles. The molecule has 4 heterocycles. The molecule has 2 fully saturated rings. The molecule has 2 unspecified atom stereocenters. The number of carbonyl (C=O) groups excluding carboxylic acids is 3. The highest BCUT2D eigenvalue weighted by Crippen LogP contribution is 2.39. The van der Waals surface area contributed by atoms with Gasteiger partial charge >= 0.3 is 0 Å². The number of nitrogens with zero attached hydrogens (tertiary/aromatic N) is 3. The summed E-state index contributed by atoms with van der Waals surface area (Å²) in [6.07, 6.45) is 2.90. The van der Waals surface area contributed by atoms with Crippen LogP contribution in [-0.4, -0.2) is 84.5 Å². The van der Waals surface area contributed by atoms with Crippen LogP contribution in [0.5, 0.6) is 0 Å². The van der Waals surface area contributed by atoms with Crippen LogP contribution in [0.2, 0.25) is 5.02 Å². The van der Waals surface area contributed by atoms with Crippen molar-refractivity contribution in [3.63, 3.8) is 0 Å². The predicted molar refractivity (Wildman–Crippen MR) is 203 cm³/mol. The van der Waals surface area contributed by atoms with E-state index in [4.69, 9.17) is 11.6 Å². The highest BCUT2D eigenvalue weighted by atomic mass is 35.5. The fraction of sp³-hybridized carbons (Fsp3) is 0.375. The number of carbonyl (C=O) groups is 3. The minimum atomic E-state index is -0.757. The minimum Gasteiger partial charge on any atom is -0.343 e. The number of anilines is 1. The molecule has 1 spiro atoms. The quantitative estimate of drug-likeness (QED) is 0.184. The Morgan fingerprint density at radius 3 is 2.41 bits per heavy atom. The minimum absolute atomic E-state index is 0.119. The van der Waals surface area contributed by atoms with E-state index in [0.717, 1.165) is 29.8 Å².